The number of nitro benzene ring substituents is 1. The summed E-state index contributed by atoms with van der Waals surface area (Å²) in [5.41, 5.74) is 0.243. The Hall–Kier alpha value is -3.01. The molecule has 1 N–H and O–H groups in total. The summed E-state index contributed by atoms with van der Waals surface area (Å²) in [7, 11) is -3.94. The predicted octanol–water partition coefficient (Wildman–Crippen LogP) is 2.45. The van der Waals surface area contributed by atoms with E-state index in [0.29, 0.717) is 9.87 Å². The third kappa shape index (κ3) is 4.54. The molecule has 0 aliphatic carbocycles. The first-order valence-corrected chi connectivity index (χ1v) is 9.21. The van der Waals surface area contributed by atoms with E-state index in [2.05, 4.69) is 5.32 Å². The fourth-order valence-electron chi connectivity index (χ4n) is 2.21. The van der Waals surface area contributed by atoms with Crippen molar-refractivity contribution in [1.29, 1.82) is 0 Å². The highest BCUT2D eigenvalue weighted by molar-refractivity contribution is 7.92. The standard InChI is InChI=1S/C16H16FN3O5S/c1-11-7-8-12(20(22)23)9-14(11)18-16(21)10-19(26(2,24)25)15-6-4-3-5-13(15)17/h3-9H,10H2,1-2H3,(H,18,21). The van der Waals surface area contributed by atoms with Crippen molar-refractivity contribution in [3.05, 3.63) is 64.0 Å². The maximum absolute atomic E-state index is 13.9. The molecule has 2 aromatic carbocycles. The van der Waals surface area contributed by atoms with Gasteiger partial charge in [-0.3, -0.25) is 19.2 Å². The Kier molecular flexibility index (Phi) is 5.56. The molecule has 0 spiro atoms. The zero-order valence-corrected chi connectivity index (χ0v) is 14.8. The average Bonchev–Trinajstić information content (AvgIpc) is 2.54. The van der Waals surface area contributed by atoms with E-state index in [1.165, 1.54) is 36.4 Å². The molecule has 10 heteroatoms. The molecule has 0 aliphatic heterocycles. The van der Waals surface area contributed by atoms with E-state index in [-0.39, 0.29) is 17.1 Å². The Bertz CT molecular complexity index is 962. The molecule has 0 fully saturated rings. The number of nitro groups is 1. The van der Waals surface area contributed by atoms with Crippen molar-refractivity contribution in [1.82, 2.24) is 0 Å². The molecular formula is C16H16FN3O5S. The van der Waals surface area contributed by atoms with Crippen LogP contribution in [0.4, 0.5) is 21.5 Å². The van der Waals surface area contributed by atoms with Crippen LogP contribution in [0.25, 0.3) is 0 Å². The van der Waals surface area contributed by atoms with Gasteiger partial charge in [-0.25, -0.2) is 12.8 Å². The van der Waals surface area contributed by atoms with Gasteiger partial charge in [0, 0.05) is 12.1 Å². The average molecular weight is 381 g/mol. The van der Waals surface area contributed by atoms with Crippen LogP contribution in [0.2, 0.25) is 0 Å². The number of sulfonamides is 1. The predicted molar refractivity (Wildman–Crippen MR) is 95.1 cm³/mol. The molecular weight excluding hydrogens is 365 g/mol. The maximum Gasteiger partial charge on any atom is 0.271 e. The van der Waals surface area contributed by atoms with Crippen LogP contribution in [0.15, 0.2) is 42.5 Å². The third-order valence-electron chi connectivity index (χ3n) is 3.51. The van der Waals surface area contributed by atoms with Crippen molar-refractivity contribution >= 4 is 33.0 Å². The number of hydrogen-bond acceptors (Lipinski definition) is 5. The van der Waals surface area contributed by atoms with Crippen LogP contribution in [-0.4, -0.2) is 32.0 Å². The smallest absolute Gasteiger partial charge is 0.271 e. The second kappa shape index (κ2) is 7.48. The number of amides is 1. The minimum atomic E-state index is -3.94. The van der Waals surface area contributed by atoms with Crippen molar-refractivity contribution in [2.45, 2.75) is 6.92 Å². The largest absolute Gasteiger partial charge is 0.324 e. The summed E-state index contributed by atoms with van der Waals surface area (Å²) < 4.78 is 38.5. The minimum Gasteiger partial charge on any atom is -0.324 e. The Balaban J connectivity index is 2.28. The van der Waals surface area contributed by atoms with Gasteiger partial charge in [0.15, 0.2) is 0 Å². The van der Waals surface area contributed by atoms with Gasteiger partial charge in [-0.1, -0.05) is 18.2 Å². The van der Waals surface area contributed by atoms with Crippen molar-refractivity contribution in [3.63, 3.8) is 0 Å². The van der Waals surface area contributed by atoms with Gasteiger partial charge in [0.05, 0.1) is 22.6 Å². The molecule has 0 bridgehead atoms. The topological polar surface area (TPSA) is 110 Å². The number of anilines is 2. The quantitative estimate of drug-likeness (QED) is 0.610. The first-order valence-electron chi connectivity index (χ1n) is 7.36. The van der Waals surface area contributed by atoms with Crippen LogP contribution in [0.1, 0.15) is 5.56 Å². The number of benzene rings is 2. The molecule has 0 atom stereocenters. The molecule has 2 rings (SSSR count). The number of para-hydroxylation sites is 1. The van der Waals surface area contributed by atoms with Crippen LogP contribution >= 0.6 is 0 Å². The van der Waals surface area contributed by atoms with Gasteiger partial charge < -0.3 is 5.32 Å². The van der Waals surface area contributed by atoms with Crippen molar-refractivity contribution in [2.24, 2.45) is 0 Å². The lowest BCUT2D eigenvalue weighted by atomic mass is 10.2. The summed E-state index contributed by atoms with van der Waals surface area (Å²) in [4.78, 5) is 22.5. The number of carbonyl (C=O) groups is 1. The van der Waals surface area contributed by atoms with Gasteiger partial charge in [0.1, 0.15) is 12.4 Å². The summed E-state index contributed by atoms with van der Waals surface area (Å²) in [5, 5.41) is 13.3. The second-order valence-corrected chi connectivity index (χ2v) is 7.43. The van der Waals surface area contributed by atoms with Gasteiger partial charge in [-0.2, -0.15) is 0 Å². The van der Waals surface area contributed by atoms with Gasteiger partial charge in [-0.15, -0.1) is 0 Å². The molecule has 26 heavy (non-hydrogen) atoms. The molecule has 0 heterocycles. The highest BCUT2D eigenvalue weighted by Crippen LogP contribution is 2.23. The fourth-order valence-corrected chi connectivity index (χ4v) is 3.07. The number of non-ortho nitro benzene ring substituents is 1. The molecule has 0 radical (unpaired) electrons. The van der Waals surface area contributed by atoms with Crippen molar-refractivity contribution < 1.29 is 22.5 Å². The molecule has 138 valence electrons. The van der Waals surface area contributed by atoms with E-state index in [9.17, 15) is 27.7 Å². The van der Waals surface area contributed by atoms with Crippen molar-refractivity contribution in [3.8, 4) is 0 Å². The van der Waals surface area contributed by atoms with E-state index in [0.717, 1.165) is 12.3 Å². The summed E-state index contributed by atoms with van der Waals surface area (Å²) in [6.07, 6.45) is 0.853. The molecule has 0 unspecified atom stereocenters. The van der Waals surface area contributed by atoms with Gasteiger partial charge in [0.2, 0.25) is 15.9 Å². The normalized spacial score (nSPS) is 11.0. The molecule has 0 saturated heterocycles. The maximum atomic E-state index is 13.9. The SMILES string of the molecule is Cc1ccc([N+](=O)[O-])cc1NC(=O)CN(c1ccccc1F)S(C)(=O)=O. The van der Waals surface area contributed by atoms with Crippen molar-refractivity contribution in [2.75, 3.05) is 22.4 Å². The molecule has 2 aromatic rings. The second-order valence-electron chi connectivity index (χ2n) is 5.53. The lowest BCUT2D eigenvalue weighted by Gasteiger charge is -2.22. The van der Waals surface area contributed by atoms with E-state index >= 15 is 0 Å². The van der Waals surface area contributed by atoms with E-state index in [1.807, 2.05) is 0 Å². The number of rotatable bonds is 6. The van der Waals surface area contributed by atoms with Crippen LogP contribution in [0.5, 0.6) is 0 Å². The zero-order valence-electron chi connectivity index (χ0n) is 14.0. The number of aryl methyl sites for hydroxylation is 1. The molecule has 0 aliphatic rings. The minimum absolute atomic E-state index is 0.172. The van der Waals surface area contributed by atoms with Crippen LogP contribution in [0, 0.1) is 22.9 Å². The Morgan fingerprint density at radius 3 is 2.50 bits per heavy atom. The Morgan fingerprint density at radius 1 is 1.27 bits per heavy atom. The van der Waals surface area contributed by atoms with Crippen LogP contribution in [-0.2, 0) is 14.8 Å². The molecule has 8 nitrogen and oxygen atoms in total. The van der Waals surface area contributed by atoms with Crippen LogP contribution in [0.3, 0.4) is 0 Å². The van der Waals surface area contributed by atoms with E-state index < -0.39 is 33.2 Å². The Morgan fingerprint density at radius 2 is 1.92 bits per heavy atom. The number of nitrogens with zero attached hydrogens (tertiary/aromatic N) is 2. The first-order chi connectivity index (χ1) is 12.1. The van der Waals surface area contributed by atoms with Crippen LogP contribution < -0.4 is 9.62 Å². The lowest BCUT2D eigenvalue weighted by Crippen LogP contribution is -2.38. The third-order valence-corrected chi connectivity index (χ3v) is 4.64. The number of halogens is 1. The summed E-state index contributed by atoms with van der Waals surface area (Å²) >= 11 is 0. The lowest BCUT2D eigenvalue weighted by molar-refractivity contribution is -0.384. The number of carbonyl (C=O) groups excluding carboxylic acids is 1. The molecule has 0 saturated carbocycles. The van der Waals surface area contributed by atoms with E-state index in [1.54, 1.807) is 6.92 Å². The summed E-state index contributed by atoms with van der Waals surface area (Å²) in [6.45, 7) is 0.951. The molecule has 1 amide bonds. The highest BCUT2D eigenvalue weighted by Gasteiger charge is 2.24. The Labute approximate surface area is 149 Å². The molecule has 0 aromatic heterocycles. The summed E-state index contributed by atoms with van der Waals surface area (Å²) in [5.74, 6) is -1.56. The van der Waals surface area contributed by atoms with Gasteiger partial charge in [-0.05, 0) is 24.6 Å². The number of hydrogen-bond donors (Lipinski definition) is 1. The summed E-state index contributed by atoms with van der Waals surface area (Å²) in [6, 6.07) is 9.07. The highest BCUT2D eigenvalue weighted by atomic mass is 32.2. The fraction of sp³-hybridized carbons (Fsp3) is 0.188. The van der Waals surface area contributed by atoms with Gasteiger partial charge in [0.25, 0.3) is 5.69 Å². The number of nitrogens with one attached hydrogen (secondary N) is 1. The first kappa shape index (κ1) is 19.3. The van der Waals surface area contributed by atoms with Gasteiger partial charge >= 0.3 is 0 Å². The monoisotopic (exact) mass is 381 g/mol. The zero-order chi connectivity index (χ0) is 19.5. The van der Waals surface area contributed by atoms with E-state index in [4.69, 9.17) is 0 Å².